The van der Waals surface area contributed by atoms with Crippen LogP contribution in [0.4, 0.5) is 0 Å². The summed E-state index contributed by atoms with van der Waals surface area (Å²) in [5.74, 6) is 1.22. The van der Waals surface area contributed by atoms with Crippen molar-refractivity contribution in [1.29, 1.82) is 0 Å². The third-order valence-electron chi connectivity index (χ3n) is 6.11. The van der Waals surface area contributed by atoms with E-state index in [-0.39, 0.29) is 22.9 Å². The smallest absolute Gasteiger partial charge is 0.253 e. The summed E-state index contributed by atoms with van der Waals surface area (Å²) in [6.45, 7) is 5.66. The Labute approximate surface area is 190 Å². The molecule has 2 aromatic rings. The third kappa shape index (κ3) is 4.61. The molecule has 0 radical (unpaired) electrons. The summed E-state index contributed by atoms with van der Waals surface area (Å²) in [7, 11) is -3.56. The number of rotatable bonds is 6. The second-order valence-corrected chi connectivity index (χ2v) is 10.2. The fourth-order valence-electron chi connectivity index (χ4n) is 4.27. The van der Waals surface area contributed by atoms with Gasteiger partial charge in [-0.15, -0.1) is 0 Å². The molecule has 172 valence electrons. The van der Waals surface area contributed by atoms with Crippen molar-refractivity contribution in [3.05, 3.63) is 54.1 Å². The SMILES string of the molecule is CCN(CC1COc2ccccc2O1)C(=O)c1ccc(S(=O)(=O)N2CCCCC2C)cc1. The number of sulfonamides is 1. The lowest BCUT2D eigenvalue weighted by Gasteiger charge is -2.32. The van der Waals surface area contributed by atoms with Crippen LogP contribution < -0.4 is 9.47 Å². The van der Waals surface area contributed by atoms with Gasteiger partial charge in [-0.2, -0.15) is 4.31 Å². The lowest BCUT2D eigenvalue weighted by atomic mass is 10.1. The highest BCUT2D eigenvalue weighted by Gasteiger charge is 2.31. The number of para-hydroxylation sites is 2. The van der Waals surface area contributed by atoms with E-state index >= 15 is 0 Å². The van der Waals surface area contributed by atoms with Crippen LogP contribution >= 0.6 is 0 Å². The van der Waals surface area contributed by atoms with Gasteiger partial charge in [0.05, 0.1) is 11.4 Å². The largest absolute Gasteiger partial charge is 0.486 e. The molecule has 8 heteroatoms. The summed E-state index contributed by atoms with van der Waals surface area (Å²) in [5, 5.41) is 0. The first-order valence-corrected chi connectivity index (χ1v) is 12.6. The maximum absolute atomic E-state index is 13.1. The molecule has 1 fully saturated rings. The van der Waals surface area contributed by atoms with Gasteiger partial charge in [0.2, 0.25) is 10.0 Å². The normalized spacial score (nSPS) is 21.2. The first-order chi connectivity index (χ1) is 15.4. The van der Waals surface area contributed by atoms with Crippen LogP contribution in [0.1, 0.15) is 43.5 Å². The molecule has 32 heavy (non-hydrogen) atoms. The molecule has 0 bridgehead atoms. The lowest BCUT2D eigenvalue weighted by Crippen LogP contribution is -2.43. The molecule has 0 saturated carbocycles. The summed E-state index contributed by atoms with van der Waals surface area (Å²) >= 11 is 0. The number of piperidine rings is 1. The summed E-state index contributed by atoms with van der Waals surface area (Å²) in [6, 6.07) is 13.7. The summed E-state index contributed by atoms with van der Waals surface area (Å²) < 4.78 is 39.4. The van der Waals surface area contributed by atoms with Gasteiger partial charge in [-0.3, -0.25) is 4.79 Å². The number of hydrogen-bond acceptors (Lipinski definition) is 5. The highest BCUT2D eigenvalue weighted by molar-refractivity contribution is 7.89. The van der Waals surface area contributed by atoms with Crippen molar-refractivity contribution in [2.75, 3.05) is 26.2 Å². The van der Waals surface area contributed by atoms with Crippen molar-refractivity contribution in [3.8, 4) is 11.5 Å². The van der Waals surface area contributed by atoms with E-state index in [1.54, 1.807) is 21.3 Å². The molecule has 4 rings (SSSR count). The van der Waals surface area contributed by atoms with Gasteiger partial charge < -0.3 is 14.4 Å². The molecule has 0 aliphatic carbocycles. The van der Waals surface area contributed by atoms with E-state index in [2.05, 4.69) is 0 Å². The number of nitrogens with zero attached hydrogens (tertiary/aromatic N) is 2. The molecule has 2 unspecified atom stereocenters. The summed E-state index contributed by atoms with van der Waals surface area (Å²) in [4.78, 5) is 15.0. The van der Waals surface area contributed by atoms with Gasteiger partial charge in [-0.25, -0.2) is 8.42 Å². The van der Waals surface area contributed by atoms with E-state index in [1.165, 1.54) is 12.1 Å². The molecule has 2 atom stereocenters. The van der Waals surface area contributed by atoms with Gasteiger partial charge in [0.25, 0.3) is 5.91 Å². The van der Waals surface area contributed by atoms with E-state index in [1.807, 2.05) is 38.1 Å². The van der Waals surface area contributed by atoms with Crippen LogP contribution in [0.5, 0.6) is 11.5 Å². The Kier molecular flexibility index (Phi) is 6.71. The molecule has 2 heterocycles. The first kappa shape index (κ1) is 22.6. The van der Waals surface area contributed by atoms with Crippen molar-refractivity contribution in [2.45, 2.75) is 50.2 Å². The molecule has 0 N–H and O–H groups in total. The zero-order chi connectivity index (χ0) is 22.7. The number of carbonyl (C=O) groups is 1. The van der Waals surface area contributed by atoms with Crippen LogP contribution in [0.3, 0.4) is 0 Å². The van der Waals surface area contributed by atoms with Gasteiger partial charge >= 0.3 is 0 Å². The van der Waals surface area contributed by atoms with E-state index in [0.29, 0.717) is 43.3 Å². The fourth-order valence-corrected chi connectivity index (χ4v) is 5.97. The minimum absolute atomic E-state index is 0.00603. The fraction of sp³-hybridized carbons (Fsp3) is 0.458. The molecule has 2 aromatic carbocycles. The van der Waals surface area contributed by atoms with Crippen LogP contribution in [0.25, 0.3) is 0 Å². The van der Waals surface area contributed by atoms with Crippen molar-refractivity contribution in [2.24, 2.45) is 0 Å². The predicted octanol–water partition coefficient (Wildman–Crippen LogP) is 3.55. The Bertz CT molecular complexity index is 1050. The Hall–Kier alpha value is -2.58. The standard InChI is InChI=1S/C24H30N2O5S/c1-3-25(16-20-17-30-22-9-4-5-10-23(22)31-20)24(27)19-11-13-21(14-12-19)32(28,29)26-15-7-6-8-18(26)2/h4-5,9-14,18,20H,3,6-8,15-17H2,1-2H3. The Morgan fingerprint density at radius 1 is 1.09 bits per heavy atom. The molecule has 1 amide bonds. The third-order valence-corrected chi connectivity index (χ3v) is 8.14. The number of likely N-dealkylation sites (N-methyl/N-ethyl adjacent to an activating group) is 1. The first-order valence-electron chi connectivity index (χ1n) is 11.2. The molecular formula is C24H30N2O5S. The molecule has 2 aliphatic heterocycles. The average molecular weight is 459 g/mol. The van der Waals surface area contributed by atoms with Gasteiger partial charge in [0.1, 0.15) is 6.61 Å². The van der Waals surface area contributed by atoms with Gasteiger partial charge in [0.15, 0.2) is 17.6 Å². The van der Waals surface area contributed by atoms with Crippen LogP contribution in [-0.4, -0.2) is 61.9 Å². The number of hydrogen-bond donors (Lipinski definition) is 0. The molecule has 0 spiro atoms. The topological polar surface area (TPSA) is 76.1 Å². The van der Waals surface area contributed by atoms with E-state index in [4.69, 9.17) is 9.47 Å². The van der Waals surface area contributed by atoms with Gasteiger partial charge in [0, 0.05) is 24.7 Å². The van der Waals surface area contributed by atoms with Gasteiger partial charge in [-0.05, 0) is 63.1 Å². The van der Waals surface area contributed by atoms with E-state index in [9.17, 15) is 13.2 Å². The monoisotopic (exact) mass is 458 g/mol. The minimum atomic E-state index is -3.56. The van der Waals surface area contributed by atoms with Crippen LogP contribution in [0.15, 0.2) is 53.4 Å². The number of amides is 1. The number of ether oxygens (including phenoxy) is 2. The van der Waals surface area contributed by atoms with Crippen molar-refractivity contribution in [3.63, 3.8) is 0 Å². The molecular weight excluding hydrogens is 428 g/mol. The lowest BCUT2D eigenvalue weighted by molar-refractivity contribution is 0.0475. The zero-order valence-corrected chi connectivity index (χ0v) is 19.4. The maximum Gasteiger partial charge on any atom is 0.253 e. The Balaban J connectivity index is 1.44. The highest BCUT2D eigenvalue weighted by Crippen LogP contribution is 2.31. The van der Waals surface area contributed by atoms with Crippen LogP contribution in [0.2, 0.25) is 0 Å². The number of carbonyl (C=O) groups excluding carboxylic acids is 1. The minimum Gasteiger partial charge on any atom is -0.486 e. The second kappa shape index (κ2) is 9.50. The Morgan fingerprint density at radius 2 is 1.81 bits per heavy atom. The van der Waals surface area contributed by atoms with Crippen LogP contribution in [0, 0.1) is 0 Å². The zero-order valence-electron chi connectivity index (χ0n) is 18.6. The highest BCUT2D eigenvalue weighted by atomic mass is 32.2. The van der Waals surface area contributed by atoms with Crippen molar-refractivity contribution < 1.29 is 22.7 Å². The quantitative estimate of drug-likeness (QED) is 0.662. The van der Waals surface area contributed by atoms with Crippen LogP contribution in [-0.2, 0) is 10.0 Å². The predicted molar refractivity (Wildman–Crippen MR) is 122 cm³/mol. The summed E-state index contributed by atoms with van der Waals surface area (Å²) in [6.07, 6.45) is 2.53. The average Bonchev–Trinajstić information content (AvgIpc) is 2.82. The Morgan fingerprint density at radius 3 is 2.50 bits per heavy atom. The molecule has 7 nitrogen and oxygen atoms in total. The molecule has 0 aromatic heterocycles. The van der Waals surface area contributed by atoms with Gasteiger partial charge in [-0.1, -0.05) is 18.6 Å². The number of fused-ring (bicyclic) bond motifs is 1. The van der Waals surface area contributed by atoms with E-state index < -0.39 is 10.0 Å². The van der Waals surface area contributed by atoms with Crippen molar-refractivity contribution in [1.82, 2.24) is 9.21 Å². The maximum atomic E-state index is 13.1. The van der Waals surface area contributed by atoms with E-state index in [0.717, 1.165) is 19.3 Å². The second-order valence-electron chi connectivity index (χ2n) is 8.33. The summed E-state index contributed by atoms with van der Waals surface area (Å²) in [5.41, 5.74) is 0.453. The molecule has 2 aliphatic rings. The molecule has 1 saturated heterocycles. The van der Waals surface area contributed by atoms with Crippen molar-refractivity contribution >= 4 is 15.9 Å². The number of benzene rings is 2.